The molecule has 0 saturated carbocycles. The molecule has 1 amide bonds. The monoisotopic (exact) mass is 320 g/mol. The minimum atomic E-state index is -0.559. The van der Waals surface area contributed by atoms with Crippen LogP contribution in [0.2, 0.25) is 0 Å². The van der Waals surface area contributed by atoms with Gasteiger partial charge in [-0.15, -0.1) is 0 Å². The minimum Gasteiger partial charge on any atom is -0.324 e. The molecule has 6 nitrogen and oxygen atoms in total. The quantitative estimate of drug-likeness (QED) is 0.800. The van der Waals surface area contributed by atoms with Gasteiger partial charge in [-0.25, -0.2) is 9.48 Å². The van der Waals surface area contributed by atoms with Crippen molar-refractivity contribution in [3.63, 3.8) is 0 Å². The molecule has 0 fully saturated rings. The van der Waals surface area contributed by atoms with Gasteiger partial charge in [0, 0.05) is 11.3 Å². The van der Waals surface area contributed by atoms with Crippen molar-refractivity contribution in [2.45, 2.75) is 13.5 Å². The average molecular weight is 320 g/mol. The van der Waals surface area contributed by atoms with Gasteiger partial charge in [0.15, 0.2) is 0 Å². The predicted molar refractivity (Wildman–Crippen MR) is 91.5 cm³/mol. The molecule has 1 heterocycles. The Kier molecular flexibility index (Phi) is 4.47. The van der Waals surface area contributed by atoms with Crippen molar-refractivity contribution in [1.29, 1.82) is 0 Å². The number of aromatic nitrogens is 3. The molecule has 2 aromatic carbocycles. The minimum absolute atomic E-state index is 0.186. The van der Waals surface area contributed by atoms with E-state index in [2.05, 4.69) is 15.4 Å². The Morgan fingerprint density at radius 1 is 1.08 bits per heavy atom. The number of aryl methyl sites for hydroxylation is 1. The molecule has 1 aromatic heterocycles. The van der Waals surface area contributed by atoms with E-state index in [0.29, 0.717) is 11.4 Å². The zero-order chi connectivity index (χ0) is 16.9. The van der Waals surface area contributed by atoms with Crippen molar-refractivity contribution in [3.8, 4) is 11.3 Å². The number of nitrogens with one attached hydrogen (secondary N) is 1. The molecule has 120 valence electrons. The lowest BCUT2D eigenvalue weighted by Crippen LogP contribution is -2.31. The second-order valence-electron chi connectivity index (χ2n) is 5.36. The normalized spacial score (nSPS) is 10.4. The molecular weight excluding hydrogens is 304 g/mol. The number of benzene rings is 2. The molecule has 3 rings (SSSR count). The number of hydrogen-bond donors (Lipinski definition) is 1. The van der Waals surface area contributed by atoms with Gasteiger partial charge in [0.2, 0.25) is 5.91 Å². The molecule has 0 saturated heterocycles. The lowest BCUT2D eigenvalue weighted by Gasteiger charge is -2.07. The van der Waals surface area contributed by atoms with Crippen LogP contribution < -0.4 is 11.0 Å². The van der Waals surface area contributed by atoms with Crippen molar-refractivity contribution >= 4 is 11.6 Å². The number of carbonyl (C=O) groups excluding carboxylic acids is 1. The summed E-state index contributed by atoms with van der Waals surface area (Å²) in [6, 6.07) is 16.7. The van der Waals surface area contributed by atoms with Gasteiger partial charge < -0.3 is 5.32 Å². The fourth-order valence-corrected chi connectivity index (χ4v) is 2.19. The van der Waals surface area contributed by atoms with Gasteiger partial charge in [0.25, 0.3) is 0 Å². The Hall–Kier alpha value is -3.28. The van der Waals surface area contributed by atoms with Gasteiger partial charge in [-0.1, -0.05) is 48.0 Å². The Balaban J connectivity index is 1.74. The first-order valence-electron chi connectivity index (χ1n) is 7.48. The van der Waals surface area contributed by atoms with E-state index in [1.807, 2.05) is 49.4 Å². The Morgan fingerprint density at radius 3 is 2.46 bits per heavy atom. The molecule has 0 spiro atoms. The van der Waals surface area contributed by atoms with E-state index in [-0.39, 0.29) is 12.5 Å². The standard InChI is InChI=1S/C18H16N4O2/c1-13-7-9-14(10-8-13)16-11-19-22(18(24)21-16)12-17(23)20-15-5-3-2-4-6-15/h2-11H,12H2,1H3,(H,20,23). The van der Waals surface area contributed by atoms with E-state index in [9.17, 15) is 9.59 Å². The number of hydrogen-bond acceptors (Lipinski definition) is 4. The van der Waals surface area contributed by atoms with Gasteiger partial charge in [-0.2, -0.15) is 10.1 Å². The summed E-state index contributed by atoms with van der Waals surface area (Å²) in [5, 5.41) is 6.74. The molecule has 0 aliphatic rings. The fourth-order valence-electron chi connectivity index (χ4n) is 2.19. The molecule has 0 atom stereocenters. The SMILES string of the molecule is Cc1ccc(-c2cnn(CC(=O)Nc3ccccc3)c(=O)n2)cc1. The van der Waals surface area contributed by atoms with Crippen LogP contribution >= 0.6 is 0 Å². The third-order valence-electron chi connectivity index (χ3n) is 3.45. The van der Waals surface area contributed by atoms with Crippen LogP contribution in [0.5, 0.6) is 0 Å². The van der Waals surface area contributed by atoms with Crippen LogP contribution in [0.1, 0.15) is 5.56 Å². The van der Waals surface area contributed by atoms with Crippen LogP contribution in [0, 0.1) is 6.92 Å². The highest BCUT2D eigenvalue weighted by molar-refractivity contribution is 5.90. The van der Waals surface area contributed by atoms with E-state index in [1.54, 1.807) is 12.1 Å². The number of rotatable bonds is 4. The highest BCUT2D eigenvalue weighted by atomic mass is 16.2. The fraction of sp³-hybridized carbons (Fsp3) is 0.111. The summed E-state index contributed by atoms with van der Waals surface area (Å²) in [7, 11) is 0. The maximum absolute atomic E-state index is 12.1. The largest absolute Gasteiger partial charge is 0.365 e. The van der Waals surface area contributed by atoms with E-state index >= 15 is 0 Å². The number of anilines is 1. The van der Waals surface area contributed by atoms with Crippen molar-refractivity contribution < 1.29 is 4.79 Å². The Morgan fingerprint density at radius 2 is 1.79 bits per heavy atom. The van der Waals surface area contributed by atoms with E-state index in [0.717, 1.165) is 15.8 Å². The van der Waals surface area contributed by atoms with Crippen LogP contribution in [0.25, 0.3) is 11.3 Å². The van der Waals surface area contributed by atoms with Crippen molar-refractivity contribution in [1.82, 2.24) is 14.8 Å². The molecule has 24 heavy (non-hydrogen) atoms. The lowest BCUT2D eigenvalue weighted by atomic mass is 10.1. The van der Waals surface area contributed by atoms with Crippen LogP contribution in [-0.4, -0.2) is 20.7 Å². The molecule has 0 bridgehead atoms. The number of nitrogens with zero attached hydrogens (tertiary/aromatic N) is 3. The van der Waals surface area contributed by atoms with Crippen LogP contribution in [-0.2, 0) is 11.3 Å². The summed E-state index contributed by atoms with van der Waals surface area (Å²) in [4.78, 5) is 28.1. The van der Waals surface area contributed by atoms with Gasteiger partial charge in [0.1, 0.15) is 6.54 Å². The Labute approximate surface area is 138 Å². The molecule has 6 heteroatoms. The second kappa shape index (κ2) is 6.87. The second-order valence-corrected chi connectivity index (χ2v) is 5.36. The summed E-state index contributed by atoms with van der Waals surface area (Å²) >= 11 is 0. The third-order valence-corrected chi connectivity index (χ3v) is 3.45. The third kappa shape index (κ3) is 3.73. The van der Waals surface area contributed by atoms with Crippen LogP contribution in [0.15, 0.2) is 65.6 Å². The highest BCUT2D eigenvalue weighted by Gasteiger charge is 2.08. The molecule has 0 aliphatic heterocycles. The maximum atomic E-state index is 12.1. The predicted octanol–water partition coefficient (Wildman–Crippen LogP) is 2.25. The highest BCUT2D eigenvalue weighted by Crippen LogP contribution is 2.14. The van der Waals surface area contributed by atoms with Crippen molar-refractivity contribution in [3.05, 3.63) is 76.8 Å². The number of para-hydroxylation sites is 1. The van der Waals surface area contributed by atoms with E-state index < -0.39 is 5.69 Å². The average Bonchev–Trinajstić information content (AvgIpc) is 2.58. The van der Waals surface area contributed by atoms with Crippen molar-refractivity contribution in [2.24, 2.45) is 0 Å². The molecule has 0 unspecified atom stereocenters. The van der Waals surface area contributed by atoms with Gasteiger partial charge in [-0.05, 0) is 19.1 Å². The molecule has 0 radical (unpaired) electrons. The van der Waals surface area contributed by atoms with Crippen molar-refractivity contribution in [2.75, 3.05) is 5.32 Å². The summed E-state index contributed by atoms with van der Waals surface area (Å²) < 4.78 is 1.04. The molecule has 3 aromatic rings. The zero-order valence-corrected chi connectivity index (χ0v) is 13.1. The Bertz CT molecular complexity index is 902. The van der Waals surface area contributed by atoms with Gasteiger partial charge >= 0.3 is 5.69 Å². The van der Waals surface area contributed by atoms with Crippen LogP contribution in [0.4, 0.5) is 5.69 Å². The summed E-state index contributed by atoms with van der Waals surface area (Å²) in [5.74, 6) is -0.333. The molecular formula is C18H16N4O2. The van der Waals surface area contributed by atoms with Gasteiger partial charge in [-0.3, -0.25) is 4.79 Å². The first-order chi connectivity index (χ1) is 11.6. The molecule has 1 N–H and O–H groups in total. The summed E-state index contributed by atoms with van der Waals surface area (Å²) in [6.45, 7) is 1.80. The van der Waals surface area contributed by atoms with E-state index in [1.165, 1.54) is 6.20 Å². The number of carbonyl (C=O) groups is 1. The van der Waals surface area contributed by atoms with Gasteiger partial charge in [0.05, 0.1) is 11.9 Å². The number of amides is 1. The first kappa shape index (κ1) is 15.6. The first-order valence-corrected chi connectivity index (χ1v) is 7.48. The topological polar surface area (TPSA) is 76.9 Å². The van der Waals surface area contributed by atoms with Crippen LogP contribution in [0.3, 0.4) is 0 Å². The lowest BCUT2D eigenvalue weighted by molar-refractivity contribution is -0.117. The summed E-state index contributed by atoms with van der Waals surface area (Å²) in [6.07, 6.45) is 1.49. The smallest absolute Gasteiger partial charge is 0.324 e. The maximum Gasteiger partial charge on any atom is 0.365 e. The molecule has 0 aliphatic carbocycles. The summed E-state index contributed by atoms with van der Waals surface area (Å²) in [5.41, 5.74) is 2.53. The van der Waals surface area contributed by atoms with E-state index in [4.69, 9.17) is 0 Å². The zero-order valence-electron chi connectivity index (χ0n) is 13.1.